The molecule has 0 N–H and O–H groups in total. The Labute approximate surface area is 139 Å². The number of nitro groups is 1. The first-order valence-electron chi connectivity index (χ1n) is 7.17. The Morgan fingerprint density at radius 2 is 1.88 bits per heavy atom. The van der Waals surface area contributed by atoms with Crippen LogP contribution in [0.25, 0.3) is 0 Å². The number of hydrogen-bond donors (Lipinski definition) is 0. The minimum Gasteiger partial charge on any atom is -0.493 e. The summed E-state index contributed by atoms with van der Waals surface area (Å²) in [5, 5.41) is 10.8. The molecule has 1 amide bonds. The van der Waals surface area contributed by atoms with Gasteiger partial charge >= 0.3 is 0 Å². The molecular formula is C17H18N2O5. The Bertz CT molecular complexity index is 760. The average molecular weight is 330 g/mol. The number of amides is 1. The van der Waals surface area contributed by atoms with E-state index in [4.69, 9.17) is 9.47 Å². The highest BCUT2D eigenvalue weighted by atomic mass is 16.6. The molecule has 0 bridgehead atoms. The minimum absolute atomic E-state index is 0.117. The van der Waals surface area contributed by atoms with E-state index < -0.39 is 4.92 Å². The van der Waals surface area contributed by atoms with Crippen molar-refractivity contribution in [3.63, 3.8) is 0 Å². The van der Waals surface area contributed by atoms with Gasteiger partial charge in [-0.05, 0) is 12.1 Å². The monoisotopic (exact) mass is 330 g/mol. The fourth-order valence-electron chi connectivity index (χ4n) is 2.38. The number of ether oxygens (including phenoxy) is 2. The van der Waals surface area contributed by atoms with Gasteiger partial charge in [0.15, 0.2) is 11.5 Å². The van der Waals surface area contributed by atoms with Gasteiger partial charge in [0.25, 0.3) is 11.6 Å². The number of benzene rings is 2. The first-order chi connectivity index (χ1) is 11.5. The third-order valence-corrected chi connectivity index (χ3v) is 3.54. The summed E-state index contributed by atoms with van der Waals surface area (Å²) >= 11 is 0. The van der Waals surface area contributed by atoms with Gasteiger partial charge in [-0.3, -0.25) is 14.9 Å². The predicted octanol–water partition coefficient (Wildman–Crippen LogP) is 2.88. The molecule has 0 aromatic heterocycles. The van der Waals surface area contributed by atoms with Crippen LogP contribution in [0.3, 0.4) is 0 Å². The lowest BCUT2D eigenvalue weighted by molar-refractivity contribution is -0.384. The van der Waals surface area contributed by atoms with E-state index in [0.29, 0.717) is 11.5 Å². The maximum Gasteiger partial charge on any atom is 0.270 e. The van der Waals surface area contributed by atoms with E-state index >= 15 is 0 Å². The van der Waals surface area contributed by atoms with Crippen molar-refractivity contribution in [1.82, 2.24) is 4.90 Å². The summed E-state index contributed by atoms with van der Waals surface area (Å²) in [6, 6.07) is 11.1. The third-order valence-electron chi connectivity index (χ3n) is 3.54. The van der Waals surface area contributed by atoms with Crippen molar-refractivity contribution in [3.8, 4) is 11.5 Å². The van der Waals surface area contributed by atoms with Crippen molar-refractivity contribution in [3.05, 3.63) is 63.7 Å². The summed E-state index contributed by atoms with van der Waals surface area (Å²) in [5.74, 6) is 0.813. The van der Waals surface area contributed by atoms with Crippen LogP contribution in [0.4, 0.5) is 5.69 Å². The zero-order valence-corrected chi connectivity index (χ0v) is 13.7. The fraction of sp³-hybridized carbons (Fsp3) is 0.235. The molecule has 0 heterocycles. The lowest BCUT2D eigenvalue weighted by Gasteiger charge is -2.20. The second kappa shape index (κ2) is 7.45. The van der Waals surface area contributed by atoms with Crippen molar-refractivity contribution < 1.29 is 19.2 Å². The number of methoxy groups -OCH3 is 2. The molecule has 0 radical (unpaired) electrons. The Morgan fingerprint density at radius 3 is 2.50 bits per heavy atom. The Kier molecular flexibility index (Phi) is 5.36. The summed E-state index contributed by atoms with van der Waals surface area (Å²) in [5.41, 5.74) is 0.917. The zero-order valence-electron chi connectivity index (χ0n) is 13.7. The number of non-ortho nitro benzene ring substituents is 1. The highest BCUT2D eigenvalue weighted by molar-refractivity contribution is 5.94. The molecule has 2 rings (SSSR count). The normalized spacial score (nSPS) is 10.1. The molecule has 2 aromatic rings. The van der Waals surface area contributed by atoms with Crippen molar-refractivity contribution in [2.45, 2.75) is 6.54 Å². The number of carbonyl (C=O) groups excluding carboxylic acids is 1. The molecule has 0 spiro atoms. The lowest BCUT2D eigenvalue weighted by Crippen LogP contribution is -2.26. The van der Waals surface area contributed by atoms with Crippen LogP contribution < -0.4 is 9.47 Å². The number of rotatable bonds is 6. The van der Waals surface area contributed by atoms with Crippen LogP contribution in [0.1, 0.15) is 15.9 Å². The van der Waals surface area contributed by atoms with Gasteiger partial charge in [-0.25, -0.2) is 0 Å². The van der Waals surface area contributed by atoms with Crippen LogP contribution in [0.2, 0.25) is 0 Å². The van der Waals surface area contributed by atoms with Crippen molar-refractivity contribution in [2.24, 2.45) is 0 Å². The maximum atomic E-state index is 12.5. The van der Waals surface area contributed by atoms with Crippen LogP contribution in [0.15, 0.2) is 42.5 Å². The van der Waals surface area contributed by atoms with E-state index in [0.717, 1.165) is 5.56 Å². The summed E-state index contributed by atoms with van der Waals surface area (Å²) in [6.07, 6.45) is 0. The van der Waals surface area contributed by atoms with Gasteiger partial charge < -0.3 is 14.4 Å². The van der Waals surface area contributed by atoms with Gasteiger partial charge in [-0.15, -0.1) is 0 Å². The third kappa shape index (κ3) is 3.62. The van der Waals surface area contributed by atoms with Crippen LogP contribution in [0.5, 0.6) is 11.5 Å². The molecule has 0 aliphatic carbocycles. The molecule has 2 aromatic carbocycles. The molecule has 0 aliphatic rings. The van der Waals surface area contributed by atoms with Gasteiger partial charge in [0.05, 0.1) is 19.1 Å². The zero-order chi connectivity index (χ0) is 17.7. The smallest absolute Gasteiger partial charge is 0.270 e. The maximum absolute atomic E-state index is 12.5. The molecule has 0 unspecified atom stereocenters. The second-order valence-electron chi connectivity index (χ2n) is 5.12. The van der Waals surface area contributed by atoms with E-state index in [-0.39, 0.29) is 23.7 Å². The number of nitrogens with zero attached hydrogens (tertiary/aromatic N) is 2. The highest BCUT2D eigenvalue weighted by Gasteiger charge is 2.18. The molecule has 0 saturated heterocycles. The number of carbonyl (C=O) groups is 1. The topological polar surface area (TPSA) is 81.9 Å². The second-order valence-corrected chi connectivity index (χ2v) is 5.12. The summed E-state index contributed by atoms with van der Waals surface area (Å²) in [4.78, 5) is 24.3. The van der Waals surface area contributed by atoms with Gasteiger partial charge in [-0.1, -0.05) is 18.2 Å². The van der Waals surface area contributed by atoms with Gasteiger partial charge in [-0.2, -0.15) is 0 Å². The van der Waals surface area contributed by atoms with Crippen LogP contribution >= 0.6 is 0 Å². The summed E-state index contributed by atoms with van der Waals surface area (Å²) in [6.45, 7) is 0.280. The molecular weight excluding hydrogens is 312 g/mol. The van der Waals surface area contributed by atoms with E-state index in [1.807, 2.05) is 12.1 Å². The molecule has 0 aliphatic heterocycles. The van der Waals surface area contributed by atoms with Crippen LogP contribution in [0, 0.1) is 10.1 Å². The van der Waals surface area contributed by atoms with Crippen molar-refractivity contribution in [2.75, 3.05) is 21.3 Å². The lowest BCUT2D eigenvalue weighted by atomic mass is 10.1. The molecule has 0 atom stereocenters. The largest absolute Gasteiger partial charge is 0.493 e. The Hall–Kier alpha value is -3.09. The minimum atomic E-state index is -0.526. The van der Waals surface area contributed by atoms with E-state index in [1.165, 1.54) is 30.2 Å². The van der Waals surface area contributed by atoms with E-state index in [9.17, 15) is 14.9 Å². The van der Waals surface area contributed by atoms with Gasteiger partial charge in [0.1, 0.15) is 0 Å². The van der Waals surface area contributed by atoms with Crippen LogP contribution in [-0.2, 0) is 6.54 Å². The van der Waals surface area contributed by atoms with Crippen LogP contribution in [-0.4, -0.2) is 37.0 Å². The first-order valence-corrected chi connectivity index (χ1v) is 7.17. The van der Waals surface area contributed by atoms with E-state index in [2.05, 4.69) is 0 Å². The first kappa shape index (κ1) is 17.3. The molecule has 126 valence electrons. The van der Waals surface area contributed by atoms with E-state index in [1.54, 1.807) is 26.3 Å². The molecule has 7 nitrogen and oxygen atoms in total. The standard InChI is InChI=1S/C17H18N2O5/c1-18(11-13-7-5-9-15(23-2)16(13)24-3)17(20)12-6-4-8-14(10-12)19(21)22/h4-10H,11H2,1-3H3. The number of para-hydroxylation sites is 1. The van der Waals surface area contributed by atoms with Crippen molar-refractivity contribution in [1.29, 1.82) is 0 Å². The number of hydrogen-bond acceptors (Lipinski definition) is 5. The highest BCUT2D eigenvalue weighted by Crippen LogP contribution is 2.31. The quantitative estimate of drug-likeness (QED) is 0.601. The van der Waals surface area contributed by atoms with Gasteiger partial charge in [0, 0.05) is 36.9 Å². The number of nitro benzene ring substituents is 1. The summed E-state index contributed by atoms with van der Waals surface area (Å²) in [7, 11) is 4.70. The molecule has 7 heteroatoms. The Morgan fingerprint density at radius 1 is 1.17 bits per heavy atom. The fourth-order valence-corrected chi connectivity index (χ4v) is 2.38. The summed E-state index contributed by atoms with van der Waals surface area (Å²) < 4.78 is 10.6. The predicted molar refractivity (Wildman–Crippen MR) is 88.4 cm³/mol. The van der Waals surface area contributed by atoms with Gasteiger partial charge in [0.2, 0.25) is 0 Å². The SMILES string of the molecule is COc1cccc(CN(C)C(=O)c2cccc([N+](=O)[O-])c2)c1OC. The molecule has 0 saturated carbocycles. The Balaban J connectivity index is 2.24. The average Bonchev–Trinajstić information content (AvgIpc) is 2.60. The molecule has 0 fully saturated rings. The van der Waals surface area contributed by atoms with Crippen molar-refractivity contribution >= 4 is 11.6 Å². The molecule has 24 heavy (non-hydrogen) atoms.